The minimum atomic E-state index is -0.295. The van der Waals surface area contributed by atoms with E-state index in [1.165, 1.54) is 6.07 Å². The Labute approximate surface area is 113 Å². The van der Waals surface area contributed by atoms with Crippen LogP contribution in [0.5, 0.6) is 5.75 Å². The number of hydrogen-bond acceptors (Lipinski definition) is 2. The van der Waals surface area contributed by atoms with Gasteiger partial charge in [0.2, 0.25) is 0 Å². The van der Waals surface area contributed by atoms with Crippen molar-refractivity contribution in [1.29, 1.82) is 0 Å². The SMILES string of the molecule is OCc1cccc(OCc2cc(Br)ccc2F)c1. The van der Waals surface area contributed by atoms with Gasteiger partial charge in [-0.15, -0.1) is 0 Å². The third-order valence-electron chi connectivity index (χ3n) is 2.48. The Kier molecular flexibility index (Phi) is 4.33. The van der Waals surface area contributed by atoms with E-state index in [0.29, 0.717) is 11.3 Å². The highest BCUT2D eigenvalue weighted by Crippen LogP contribution is 2.19. The van der Waals surface area contributed by atoms with Gasteiger partial charge in [0.05, 0.1) is 6.61 Å². The van der Waals surface area contributed by atoms with Gasteiger partial charge in [-0.2, -0.15) is 0 Å². The van der Waals surface area contributed by atoms with E-state index in [1.807, 2.05) is 0 Å². The number of rotatable bonds is 4. The van der Waals surface area contributed by atoms with Gasteiger partial charge in [0.25, 0.3) is 0 Å². The van der Waals surface area contributed by atoms with E-state index >= 15 is 0 Å². The maximum Gasteiger partial charge on any atom is 0.129 e. The van der Waals surface area contributed by atoms with Crippen molar-refractivity contribution < 1.29 is 14.2 Å². The fraction of sp³-hybridized carbons (Fsp3) is 0.143. The van der Waals surface area contributed by atoms with Gasteiger partial charge in [-0.05, 0) is 35.9 Å². The molecule has 2 nitrogen and oxygen atoms in total. The smallest absolute Gasteiger partial charge is 0.129 e. The van der Waals surface area contributed by atoms with E-state index in [9.17, 15) is 4.39 Å². The van der Waals surface area contributed by atoms with Crippen molar-refractivity contribution in [2.45, 2.75) is 13.2 Å². The molecule has 0 aliphatic heterocycles. The summed E-state index contributed by atoms with van der Waals surface area (Å²) in [7, 11) is 0. The number of benzene rings is 2. The molecule has 0 amide bonds. The van der Waals surface area contributed by atoms with Gasteiger partial charge in [-0.1, -0.05) is 28.1 Å². The fourth-order valence-corrected chi connectivity index (χ4v) is 1.96. The van der Waals surface area contributed by atoms with Crippen LogP contribution in [0, 0.1) is 5.82 Å². The number of aliphatic hydroxyl groups excluding tert-OH is 1. The fourth-order valence-electron chi connectivity index (χ4n) is 1.55. The lowest BCUT2D eigenvalue weighted by Gasteiger charge is -2.08. The highest BCUT2D eigenvalue weighted by molar-refractivity contribution is 9.10. The van der Waals surface area contributed by atoms with Crippen LogP contribution in [0.2, 0.25) is 0 Å². The molecule has 2 aromatic rings. The van der Waals surface area contributed by atoms with Crippen LogP contribution >= 0.6 is 15.9 Å². The first kappa shape index (κ1) is 13.1. The molecular weight excluding hydrogens is 299 g/mol. The van der Waals surface area contributed by atoms with Crippen molar-refractivity contribution >= 4 is 15.9 Å². The number of halogens is 2. The summed E-state index contributed by atoms with van der Waals surface area (Å²) in [6.45, 7) is 0.114. The van der Waals surface area contributed by atoms with Gasteiger partial charge >= 0.3 is 0 Å². The van der Waals surface area contributed by atoms with E-state index in [-0.39, 0.29) is 19.0 Å². The first-order valence-corrected chi connectivity index (χ1v) is 6.25. The average Bonchev–Trinajstić information content (AvgIpc) is 2.40. The Balaban J connectivity index is 2.08. The lowest BCUT2D eigenvalue weighted by atomic mass is 10.2. The van der Waals surface area contributed by atoms with Crippen molar-refractivity contribution in [3.05, 3.63) is 63.9 Å². The lowest BCUT2D eigenvalue weighted by molar-refractivity contribution is 0.277. The number of ether oxygens (including phenoxy) is 1. The Hall–Kier alpha value is -1.39. The van der Waals surface area contributed by atoms with Gasteiger partial charge in [0.15, 0.2) is 0 Å². The molecule has 0 bridgehead atoms. The molecule has 2 rings (SSSR count). The molecule has 0 aromatic heterocycles. The summed E-state index contributed by atoms with van der Waals surface area (Å²) >= 11 is 3.29. The summed E-state index contributed by atoms with van der Waals surface area (Å²) in [5.74, 6) is 0.317. The van der Waals surface area contributed by atoms with Crippen molar-refractivity contribution in [1.82, 2.24) is 0 Å². The Morgan fingerprint density at radius 3 is 2.78 bits per heavy atom. The molecule has 0 unspecified atom stereocenters. The van der Waals surface area contributed by atoms with Crippen LogP contribution in [0.1, 0.15) is 11.1 Å². The molecule has 0 heterocycles. The van der Waals surface area contributed by atoms with E-state index in [4.69, 9.17) is 9.84 Å². The molecule has 0 saturated heterocycles. The number of hydrogen-bond donors (Lipinski definition) is 1. The summed E-state index contributed by atoms with van der Waals surface area (Å²) < 4.78 is 19.8. The Morgan fingerprint density at radius 2 is 2.00 bits per heavy atom. The summed E-state index contributed by atoms with van der Waals surface area (Å²) in [5, 5.41) is 9.01. The van der Waals surface area contributed by atoms with Crippen molar-refractivity contribution in [2.75, 3.05) is 0 Å². The van der Waals surface area contributed by atoms with Gasteiger partial charge in [0, 0.05) is 10.0 Å². The Bertz CT molecular complexity index is 543. The van der Waals surface area contributed by atoms with E-state index < -0.39 is 0 Å². The molecular formula is C14H12BrFO2. The molecule has 0 saturated carbocycles. The van der Waals surface area contributed by atoms with Crippen molar-refractivity contribution in [3.8, 4) is 5.75 Å². The van der Waals surface area contributed by atoms with Crippen LogP contribution < -0.4 is 4.74 Å². The second kappa shape index (κ2) is 5.98. The molecule has 1 N–H and O–H groups in total. The third kappa shape index (κ3) is 3.31. The molecule has 0 atom stereocenters. The highest BCUT2D eigenvalue weighted by Gasteiger charge is 2.04. The van der Waals surface area contributed by atoms with Crippen LogP contribution in [-0.4, -0.2) is 5.11 Å². The summed E-state index contributed by atoms with van der Waals surface area (Å²) in [6.07, 6.45) is 0. The van der Waals surface area contributed by atoms with Crippen molar-refractivity contribution in [2.24, 2.45) is 0 Å². The van der Waals surface area contributed by atoms with Gasteiger partial charge < -0.3 is 9.84 Å². The first-order valence-electron chi connectivity index (χ1n) is 5.45. The zero-order valence-electron chi connectivity index (χ0n) is 9.57. The van der Waals surface area contributed by atoms with E-state index in [1.54, 1.807) is 36.4 Å². The predicted octanol–water partition coefficient (Wildman–Crippen LogP) is 3.66. The zero-order chi connectivity index (χ0) is 13.0. The van der Waals surface area contributed by atoms with E-state index in [2.05, 4.69) is 15.9 Å². The quantitative estimate of drug-likeness (QED) is 0.934. The average molecular weight is 311 g/mol. The van der Waals surface area contributed by atoms with Crippen molar-refractivity contribution in [3.63, 3.8) is 0 Å². The maximum absolute atomic E-state index is 13.5. The van der Waals surface area contributed by atoms with E-state index in [0.717, 1.165) is 10.0 Å². The predicted molar refractivity (Wildman–Crippen MR) is 70.8 cm³/mol. The molecule has 0 spiro atoms. The molecule has 0 aliphatic rings. The van der Waals surface area contributed by atoms with Crippen LogP contribution in [0.25, 0.3) is 0 Å². The molecule has 2 aromatic carbocycles. The normalized spacial score (nSPS) is 10.4. The molecule has 18 heavy (non-hydrogen) atoms. The van der Waals surface area contributed by atoms with Gasteiger partial charge in [-0.3, -0.25) is 0 Å². The second-order valence-electron chi connectivity index (χ2n) is 3.83. The third-order valence-corrected chi connectivity index (χ3v) is 2.98. The Morgan fingerprint density at radius 1 is 1.17 bits per heavy atom. The summed E-state index contributed by atoms with van der Waals surface area (Å²) in [4.78, 5) is 0. The molecule has 0 radical (unpaired) electrons. The van der Waals surface area contributed by atoms with Gasteiger partial charge in [0.1, 0.15) is 18.2 Å². The lowest BCUT2D eigenvalue weighted by Crippen LogP contribution is -1.99. The van der Waals surface area contributed by atoms with Crippen LogP contribution in [0.15, 0.2) is 46.9 Å². The van der Waals surface area contributed by atoms with Crippen LogP contribution in [0.3, 0.4) is 0 Å². The van der Waals surface area contributed by atoms with Gasteiger partial charge in [-0.25, -0.2) is 4.39 Å². The monoisotopic (exact) mass is 310 g/mol. The minimum Gasteiger partial charge on any atom is -0.489 e. The zero-order valence-corrected chi connectivity index (χ0v) is 11.2. The topological polar surface area (TPSA) is 29.5 Å². The first-order chi connectivity index (χ1) is 8.69. The summed E-state index contributed by atoms with van der Waals surface area (Å²) in [5.41, 5.74) is 1.25. The largest absolute Gasteiger partial charge is 0.489 e. The molecule has 94 valence electrons. The molecule has 0 fully saturated rings. The number of aliphatic hydroxyl groups is 1. The highest BCUT2D eigenvalue weighted by atomic mass is 79.9. The molecule has 0 aliphatic carbocycles. The summed E-state index contributed by atoms with van der Waals surface area (Å²) in [6, 6.07) is 11.8. The second-order valence-corrected chi connectivity index (χ2v) is 4.75. The van der Waals surface area contributed by atoms with Crippen LogP contribution in [-0.2, 0) is 13.2 Å². The minimum absolute atomic E-state index is 0.0392. The maximum atomic E-state index is 13.5. The van der Waals surface area contributed by atoms with Crippen LogP contribution in [0.4, 0.5) is 4.39 Å². The molecule has 4 heteroatoms. The standard InChI is InChI=1S/C14H12BrFO2/c15-12-4-5-14(16)11(7-12)9-18-13-3-1-2-10(6-13)8-17/h1-7,17H,8-9H2.